The largest absolute Gasteiger partial charge is 0.522 e. The molecular formula is C17H25F3N4O6. The molecule has 3 unspecified atom stereocenters. The second-order valence-electron chi connectivity index (χ2n) is 7.29. The van der Waals surface area contributed by atoms with Gasteiger partial charge in [0.1, 0.15) is 12.6 Å². The number of ether oxygens (including phenoxy) is 1. The Balaban J connectivity index is 2.95. The highest BCUT2D eigenvalue weighted by Gasteiger charge is 2.36. The van der Waals surface area contributed by atoms with Gasteiger partial charge in [-0.3, -0.25) is 28.7 Å². The third-order valence-electron chi connectivity index (χ3n) is 4.32. The number of nitrogens with one attached hydrogen (secondary N) is 3. The monoisotopic (exact) mass is 438 g/mol. The topological polar surface area (TPSA) is 157 Å². The second kappa shape index (κ2) is 10.9. The van der Waals surface area contributed by atoms with Gasteiger partial charge in [0.25, 0.3) is 0 Å². The molecule has 1 heterocycles. The van der Waals surface area contributed by atoms with Gasteiger partial charge in [-0.15, -0.1) is 13.2 Å². The molecule has 3 atom stereocenters. The summed E-state index contributed by atoms with van der Waals surface area (Å²) in [4.78, 5) is 59.2. The van der Waals surface area contributed by atoms with Crippen molar-refractivity contribution in [2.24, 2.45) is 17.6 Å². The van der Waals surface area contributed by atoms with Crippen molar-refractivity contribution < 1.29 is 41.9 Å². The zero-order valence-electron chi connectivity index (χ0n) is 16.5. The van der Waals surface area contributed by atoms with Crippen molar-refractivity contribution in [3.63, 3.8) is 0 Å². The van der Waals surface area contributed by atoms with Crippen LogP contribution in [0.2, 0.25) is 0 Å². The van der Waals surface area contributed by atoms with Crippen molar-refractivity contribution in [1.82, 2.24) is 16.0 Å². The summed E-state index contributed by atoms with van der Waals surface area (Å²) in [5, 5.41) is 6.92. The van der Waals surface area contributed by atoms with Gasteiger partial charge in [0.15, 0.2) is 5.78 Å². The number of primary amides is 1. The van der Waals surface area contributed by atoms with Crippen molar-refractivity contribution in [3.8, 4) is 0 Å². The molecule has 1 aliphatic rings. The van der Waals surface area contributed by atoms with E-state index in [9.17, 15) is 37.1 Å². The molecule has 0 spiro atoms. The van der Waals surface area contributed by atoms with Crippen LogP contribution in [0.15, 0.2) is 0 Å². The molecule has 1 saturated heterocycles. The zero-order valence-corrected chi connectivity index (χ0v) is 16.5. The quantitative estimate of drug-likeness (QED) is 0.325. The third kappa shape index (κ3) is 8.76. The number of carbonyl (C=O) groups excluding carboxylic acids is 5. The number of rotatable bonds is 10. The minimum absolute atomic E-state index is 0.0642. The van der Waals surface area contributed by atoms with E-state index in [1.165, 1.54) is 0 Å². The molecule has 1 rings (SSSR count). The van der Waals surface area contributed by atoms with Crippen LogP contribution in [0.1, 0.15) is 33.1 Å². The van der Waals surface area contributed by atoms with Crippen LogP contribution in [0.4, 0.5) is 13.2 Å². The molecule has 30 heavy (non-hydrogen) atoms. The molecule has 5 N–H and O–H groups in total. The van der Waals surface area contributed by atoms with Crippen molar-refractivity contribution >= 4 is 29.4 Å². The first-order chi connectivity index (χ1) is 13.8. The van der Waals surface area contributed by atoms with Crippen molar-refractivity contribution in [1.29, 1.82) is 0 Å². The molecule has 13 heteroatoms. The van der Waals surface area contributed by atoms with E-state index in [0.717, 1.165) is 0 Å². The Morgan fingerprint density at radius 2 is 1.83 bits per heavy atom. The Labute approximate surface area is 170 Å². The van der Waals surface area contributed by atoms with Gasteiger partial charge in [-0.05, 0) is 25.2 Å². The number of halogens is 3. The molecular weight excluding hydrogens is 413 g/mol. The smallest absolute Gasteiger partial charge is 0.361 e. The minimum atomic E-state index is -5.05. The summed E-state index contributed by atoms with van der Waals surface area (Å²) in [5.74, 6) is -5.75. The predicted octanol–water partition coefficient (Wildman–Crippen LogP) is -0.881. The first-order valence-corrected chi connectivity index (χ1v) is 9.22. The van der Waals surface area contributed by atoms with E-state index >= 15 is 0 Å². The minimum Gasteiger partial charge on any atom is -0.361 e. The Hall–Kier alpha value is -2.70. The van der Waals surface area contributed by atoms with Gasteiger partial charge in [-0.1, -0.05) is 13.8 Å². The lowest BCUT2D eigenvalue weighted by Crippen LogP contribution is -2.54. The number of alkyl halides is 3. The number of carbonyl (C=O) groups is 5. The normalized spacial score (nSPS) is 18.5. The van der Waals surface area contributed by atoms with Crippen molar-refractivity contribution in [2.75, 3.05) is 13.2 Å². The van der Waals surface area contributed by atoms with Gasteiger partial charge in [0, 0.05) is 12.5 Å². The average Bonchev–Trinajstić information content (AvgIpc) is 3.01. The fourth-order valence-corrected chi connectivity index (χ4v) is 2.88. The molecule has 10 nitrogen and oxygen atoms in total. The lowest BCUT2D eigenvalue weighted by Gasteiger charge is -2.24. The van der Waals surface area contributed by atoms with E-state index in [4.69, 9.17) is 5.73 Å². The predicted molar refractivity (Wildman–Crippen MR) is 95.3 cm³/mol. The van der Waals surface area contributed by atoms with Gasteiger partial charge >= 0.3 is 18.2 Å². The summed E-state index contributed by atoms with van der Waals surface area (Å²) in [5.41, 5.74) is 4.86. The number of ketones is 1. The van der Waals surface area contributed by atoms with E-state index in [2.05, 4.69) is 20.7 Å². The van der Waals surface area contributed by atoms with E-state index in [-0.39, 0.29) is 24.7 Å². The second-order valence-corrected chi connectivity index (χ2v) is 7.29. The zero-order chi connectivity index (χ0) is 23.1. The lowest BCUT2D eigenvalue weighted by molar-refractivity contribution is -0.321. The van der Waals surface area contributed by atoms with E-state index in [1.807, 2.05) is 0 Å². The summed E-state index contributed by atoms with van der Waals surface area (Å²) in [6, 6.07) is -2.73. The van der Waals surface area contributed by atoms with Crippen LogP contribution in [0.25, 0.3) is 0 Å². The first-order valence-electron chi connectivity index (χ1n) is 9.22. The molecule has 1 aliphatic heterocycles. The van der Waals surface area contributed by atoms with Crippen LogP contribution >= 0.6 is 0 Å². The highest BCUT2D eigenvalue weighted by atomic mass is 19.4. The Morgan fingerprint density at radius 3 is 2.30 bits per heavy atom. The number of hydrogen-bond donors (Lipinski definition) is 4. The highest BCUT2D eigenvalue weighted by Crippen LogP contribution is 2.19. The van der Waals surface area contributed by atoms with Crippen molar-refractivity contribution in [2.45, 2.75) is 51.6 Å². The number of amides is 4. The average molecular weight is 438 g/mol. The van der Waals surface area contributed by atoms with Crippen molar-refractivity contribution in [3.05, 3.63) is 0 Å². The molecule has 170 valence electrons. The molecule has 0 aromatic rings. The molecule has 0 radical (unpaired) electrons. The maximum absolute atomic E-state index is 12.6. The van der Waals surface area contributed by atoms with E-state index < -0.39 is 54.5 Å². The van der Waals surface area contributed by atoms with Gasteiger partial charge in [0.2, 0.25) is 11.8 Å². The maximum atomic E-state index is 12.6. The van der Waals surface area contributed by atoms with Crippen LogP contribution in [0, 0.1) is 11.8 Å². The standard InChI is InChI=1S/C17H25F3N4O6/c1-8(2)5-11(24-16(29)13(21)26)15(28)23-10(6-9-3-4-22-14(9)27)12(25)7-30-17(18,19)20/h8-11H,3-7H2,1-2H3,(H2,21,26)(H,22,27)(H,23,28)(H,24,29). The first kappa shape index (κ1) is 25.3. The number of nitrogens with two attached hydrogens (primary N) is 1. The molecule has 1 fully saturated rings. The number of Topliss-reactive ketones (excluding diaryl/α,β-unsaturated/α-hetero) is 1. The van der Waals surface area contributed by atoms with E-state index in [1.54, 1.807) is 13.8 Å². The molecule has 0 bridgehead atoms. The molecule has 0 aliphatic carbocycles. The Morgan fingerprint density at radius 1 is 1.20 bits per heavy atom. The SMILES string of the molecule is CC(C)CC(NC(=O)C(N)=O)C(=O)NC(CC1CCNC1=O)C(=O)COC(F)(F)F. The fourth-order valence-electron chi connectivity index (χ4n) is 2.88. The Bertz CT molecular complexity index is 683. The molecule has 0 aromatic carbocycles. The van der Waals surface area contributed by atoms with Gasteiger partial charge in [0.05, 0.1) is 6.04 Å². The van der Waals surface area contributed by atoms with Crippen LogP contribution in [0.5, 0.6) is 0 Å². The van der Waals surface area contributed by atoms with Crippen LogP contribution in [0.3, 0.4) is 0 Å². The lowest BCUT2D eigenvalue weighted by atomic mass is 9.95. The summed E-state index contributed by atoms with van der Waals surface area (Å²) < 4.78 is 40.4. The number of hydrogen-bond acceptors (Lipinski definition) is 6. The summed E-state index contributed by atoms with van der Waals surface area (Å²) in [6.07, 6.45) is -4.89. The fraction of sp³-hybridized carbons (Fsp3) is 0.706. The molecule has 4 amide bonds. The summed E-state index contributed by atoms with van der Waals surface area (Å²) >= 11 is 0. The van der Waals surface area contributed by atoms with Gasteiger partial charge in [-0.25, -0.2) is 0 Å². The maximum Gasteiger partial charge on any atom is 0.522 e. The third-order valence-corrected chi connectivity index (χ3v) is 4.32. The summed E-state index contributed by atoms with van der Waals surface area (Å²) in [6.45, 7) is 2.42. The van der Waals surface area contributed by atoms with Gasteiger partial charge < -0.3 is 21.7 Å². The summed E-state index contributed by atoms with van der Waals surface area (Å²) in [7, 11) is 0. The van der Waals surface area contributed by atoms with Gasteiger partial charge in [-0.2, -0.15) is 0 Å². The molecule has 0 saturated carbocycles. The highest BCUT2D eigenvalue weighted by molar-refractivity contribution is 6.34. The van der Waals surface area contributed by atoms with E-state index in [0.29, 0.717) is 13.0 Å². The van der Waals surface area contributed by atoms with Crippen LogP contribution in [-0.4, -0.2) is 61.0 Å². The Kier molecular flexibility index (Phi) is 9.21. The van der Waals surface area contributed by atoms with Crippen LogP contribution < -0.4 is 21.7 Å². The van der Waals surface area contributed by atoms with Crippen LogP contribution in [-0.2, 0) is 28.7 Å². The molecule has 0 aromatic heterocycles.